The summed E-state index contributed by atoms with van der Waals surface area (Å²) >= 11 is 6.10. The van der Waals surface area contributed by atoms with Crippen molar-refractivity contribution >= 4 is 11.6 Å². The van der Waals surface area contributed by atoms with E-state index < -0.39 is 0 Å². The predicted octanol–water partition coefficient (Wildman–Crippen LogP) is 2.35. The Hall–Kier alpha value is -1.21. The van der Waals surface area contributed by atoms with Gasteiger partial charge in [-0.2, -0.15) is 0 Å². The van der Waals surface area contributed by atoms with E-state index in [1.54, 1.807) is 7.11 Å². The molecule has 1 atom stereocenters. The van der Waals surface area contributed by atoms with Crippen molar-refractivity contribution in [1.82, 2.24) is 5.32 Å². The van der Waals surface area contributed by atoms with Crippen LogP contribution in [0.5, 0.6) is 5.75 Å². The molecule has 0 saturated heterocycles. The van der Waals surface area contributed by atoms with E-state index in [4.69, 9.17) is 22.1 Å². The zero-order chi connectivity index (χ0) is 13.4. The van der Waals surface area contributed by atoms with E-state index in [0.717, 1.165) is 18.5 Å². The predicted molar refractivity (Wildman–Crippen MR) is 75.9 cm³/mol. The Morgan fingerprint density at radius 3 is 2.83 bits per heavy atom. The Labute approximate surface area is 114 Å². The minimum atomic E-state index is 0.0899. The second-order valence-corrected chi connectivity index (χ2v) is 4.22. The summed E-state index contributed by atoms with van der Waals surface area (Å²) in [6.07, 6.45) is 0.816. The van der Waals surface area contributed by atoms with E-state index in [1.807, 2.05) is 25.1 Å². The van der Waals surface area contributed by atoms with Crippen LogP contribution in [-0.4, -0.2) is 20.2 Å². The molecule has 3 nitrogen and oxygen atoms in total. The molecular weight excluding hydrogens is 248 g/mol. The Morgan fingerprint density at radius 2 is 2.28 bits per heavy atom. The molecule has 0 bridgehead atoms. The number of hydrogen-bond donors (Lipinski definition) is 2. The van der Waals surface area contributed by atoms with Gasteiger partial charge in [0.1, 0.15) is 5.75 Å². The highest BCUT2D eigenvalue weighted by atomic mass is 35.5. The van der Waals surface area contributed by atoms with E-state index in [9.17, 15) is 0 Å². The molecule has 3 N–H and O–H groups in total. The van der Waals surface area contributed by atoms with Gasteiger partial charge in [-0.15, -0.1) is 11.8 Å². The molecule has 4 heteroatoms. The topological polar surface area (TPSA) is 47.3 Å². The van der Waals surface area contributed by atoms with Gasteiger partial charge in [0.15, 0.2) is 0 Å². The lowest BCUT2D eigenvalue weighted by molar-refractivity contribution is 0.414. The quantitative estimate of drug-likeness (QED) is 0.614. The summed E-state index contributed by atoms with van der Waals surface area (Å²) in [7, 11) is 1.60. The first-order valence-corrected chi connectivity index (χ1v) is 6.27. The van der Waals surface area contributed by atoms with Crippen molar-refractivity contribution in [1.29, 1.82) is 0 Å². The maximum atomic E-state index is 6.10. The van der Waals surface area contributed by atoms with Crippen LogP contribution < -0.4 is 15.8 Å². The molecule has 0 saturated carbocycles. The van der Waals surface area contributed by atoms with Gasteiger partial charge in [0.2, 0.25) is 0 Å². The number of rotatable bonds is 6. The van der Waals surface area contributed by atoms with Crippen molar-refractivity contribution < 1.29 is 4.74 Å². The van der Waals surface area contributed by atoms with Crippen molar-refractivity contribution in [2.24, 2.45) is 5.73 Å². The van der Waals surface area contributed by atoms with E-state index >= 15 is 0 Å². The number of halogens is 1. The van der Waals surface area contributed by atoms with Crippen LogP contribution in [0.3, 0.4) is 0 Å². The number of nitrogens with one attached hydrogen (secondary N) is 1. The van der Waals surface area contributed by atoms with Gasteiger partial charge in [0.05, 0.1) is 12.1 Å². The molecule has 1 aromatic rings. The van der Waals surface area contributed by atoms with E-state index in [-0.39, 0.29) is 6.04 Å². The average Bonchev–Trinajstić information content (AvgIpc) is 2.39. The maximum absolute atomic E-state index is 6.10. The number of benzene rings is 1. The monoisotopic (exact) mass is 266 g/mol. The third-order valence-electron chi connectivity index (χ3n) is 2.63. The third kappa shape index (κ3) is 4.23. The molecule has 0 fully saturated rings. The fourth-order valence-electron chi connectivity index (χ4n) is 1.67. The molecule has 0 aromatic heterocycles. The molecule has 98 valence electrons. The minimum absolute atomic E-state index is 0.0899. The third-order valence-corrected chi connectivity index (χ3v) is 2.93. The lowest BCUT2D eigenvalue weighted by Crippen LogP contribution is -2.28. The molecule has 0 radical (unpaired) electrons. The summed E-state index contributed by atoms with van der Waals surface area (Å²) < 4.78 is 5.12. The fraction of sp³-hybridized carbons (Fsp3) is 0.429. The Kier molecular flexibility index (Phi) is 6.59. The van der Waals surface area contributed by atoms with E-state index in [2.05, 4.69) is 17.2 Å². The molecule has 0 spiro atoms. The SMILES string of the molecule is CC#CCCNC(CN)c1ccc(OC)c(Cl)c1. The summed E-state index contributed by atoms with van der Waals surface area (Å²) in [5, 5.41) is 3.96. The van der Waals surface area contributed by atoms with Crippen LogP contribution in [0.25, 0.3) is 0 Å². The van der Waals surface area contributed by atoms with Crippen LogP contribution in [0, 0.1) is 11.8 Å². The zero-order valence-electron chi connectivity index (χ0n) is 10.8. The van der Waals surface area contributed by atoms with Crippen molar-refractivity contribution in [3.63, 3.8) is 0 Å². The van der Waals surface area contributed by atoms with Gasteiger partial charge in [-0.1, -0.05) is 17.7 Å². The highest BCUT2D eigenvalue weighted by molar-refractivity contribution is 6.32. The zero-order valence-corrected chi connectivity index (χ0v) is 11.6. The molecule has 0 aliphatic carbocycles. The minimum Gasteiger partial charge on any atom is -0.495 e. The summed E-state index contributed by atoms with van der Waals surface area (Å²) in [5.41, 5.74) is 6.83. The first-order valence-electron chi connectivity index (χ1n) is 5.89. The van der Waals surface area contributed by atoms with Crippen LogP contribution in [0.4, 0.5) is 0 Å². The molecule has 1 rings (SSSR count). The van der Waals surface area contributed by atoms with Crippen LogP contribution in [-0.2, 0) is 0 Å². The maximum Gasteiger partial charge on any atom is 0.137 e. The van der Waals surface area contributed by atoms with Crippen LogP contribution in [0.1, 0.15) is 24.9 Å². The first-order chi connectivity index (χ1) is 8.72. The number of methoxy groups -OCH3 is 1. The van der Waals surface area contributed by atoms with Gasteiger partial charge in [0.25, 0.3) is 0 Å². The molecule has 0 heterocycles. The number of ether oxygens (including phenoxy) is 1. The van der Waals surface area contributed by atoms with E-state index in [1.165, 1.54) is 0 Å². The first kappa shape index (κ1) is 14.8. The largest absolute Gasteiger partial charge is 0.495 e. The smallest absolute Gasteiger partial charge is 0.137 e. The summed E-state index contributed by atoms with van der Waals surface area (Å²) in [6, 6.07) is 5.80. The van der Waals surface area contributed by atoms with E-state index in [0.29, 0.717) is 17.3 Å². The van der Waals surface area contributed by atoms with Crippen molar-refractivity contribution in [2.45, 2.75) is 19.4 Å². The van der Waals surface area contributed by atoms with Gasteiger partial charge in [0, 0.05) is 25.6 Å². The van der Waals surface area contributed by atoms with Gasteiger partial charge < -0.3 is 15.8 Å². The number of hydrogen-bond acceptors (Lipinski definition) is 3. The molecule has 1 aromatic carbocycles. The highest BCUT2D eigenvalue weighted by Crippen LogP contribution is 2.27. The molecule has 0 aliphatic rings. The van der Waals surface area contributed by atoms with Gasteiger partial charge in [-0.05, 0) is 24.6 Å². The van der Waals surface area contributed by atoms with Gasteiger partial charge in [-0.3, -0.25) is 0 Å². The Morgan fingerprint density at radius 1 is 1.50 bits per heavy atom. The molecule has 0 aliphatic heterocycles. The second-order valence-electron chi connectivity index (χ2n) is 3.81. The Balaban J connectivity index is 2.68. The van der Waals surface area contributed by atoms with Crippen molar-refractivity contribution in [3.8, 4) is 17.6 Å². The standard InChI is InChI=1S/C14H19ClN2O/c1-3-4-5-8-17-13(10-16)11-6-7-14(18-2)12(15)9-11/h6-7,9,13,17H,5,8,10,16H2,1-2H3. The summed E-state index contributed by atoms with van der Waals surface area (Å²) in [4.78, 5) is 0. The molecule has 1 unspecified atom stereocenters. The fourth-order valence-corrected chi connectivity index (χ4v) is 1.94. The van der Waals surface area contributed by atoms with Crippen molar-refractivity contribution in [2.75, 3.05) is 20.2 Å². The molecular formula is C14H19ClN2O. The van der Waals surface area contributed by atoms with Gasteiger partial charge in [-0.25, -0.2) is 0 Å². The van der Waals surface area contributed by atoms with Crippen LogP contribution in [0.2, 0.25) is 5.02 Å². The van der Waals surface area contributed by atoms with Crippen LogP contribution in [0.15, 0.2) is 18.2 Å². The lowest BCUT2D eigenvalue weighted by Gasteiger charge is -2.17. The molecule has 18 heavy (non-hydrogen) atoms. The average molecular weight is 267 g/mol. The normalized spacial score (nSPS) is 11.6. The van der Waals surface area contributed by atoms with Gasteiger partial charge >= 0.3 is 0 Å². The van der Waals surface area contributed by atoms with Crippen molar-refractivity contribution in [3.05, 3.63) is 28.8 Å². The highest BCUT2D eigenvalue weighted by Gasteiger charge is 2.10. The van der Waals surface area contributed by atoms with Crippen LogP contribution >= 0.6 is 11.6 Å². The second kappa shape index (κ2) is 7.99. The number of nitrogens with two attached hydrogens (primary N) is 1. The Bertz CT molecular complexity index is 437. The summed E-state index contributed by atoms with van der Waals surface area (Å²) in [5.74, 6) is 6.55. The lowest BCUT2D eigenvalue weighted by atomic mass is 10.1. The summed E-state index contributed by atoms with van der Waals surface area (Å²) in [6.45, 7) is 3.16. The molecule has 0 amide bonds.